The lowest BCUT2D eigenvalue weighted by Crippen LogP contribution is -2.42. The van der Waals surface area contributed by atoms with Crippen molar-refractivity contribution >= 4 is 17.5 Å². The Morgan fingerprint density at radius 1 is 1.21 bits per heavy atom. The third kappa shape index (κ3) is 3.90. The highest BCUT2D eigenvalue weighted by Crippen LogP contribution is 2.29. The van der Waals surface area contributed by atoms with Crippen LogP contribution in [0.15, 0.2) is 54.7 Å². The van der Waals surface area contributed by atoms with Gasteiger partial charge in [-0.05, 0) is 68.2 Å². The third-order valence-corrected chi connectivity index (χ3v) is 5.72. The van der Waals surface area contributed by atoms with Gasteiger partial charge in [0.2, 0.25) is 5.91 Å². The van der Waals surface area contributed by atoms with Crippen molar-refractivity contribution in [3.05, 3.63) is 60.3 Å². The maximum atomic E-state index is 12.9. The van der Waals surface area contributed by atoms with Gasteiger partial charge in [0.15, 0.2) is 0 Å². The van der Waals surface area contributed by atoms with Crippen molar-refractivity contribution < 1.29 is 9.53 Å². The minimum Gasteiger partial charge on any atom is -0.497 e. The van der Waals surface area contributed by atoms with Crippen LogP contribution in [0.1, 0.15) is 38.2 Å². The molecular weight excluding hydrogens is 362 g/mol. The molecule has 1 fully saturated rings. The number of fused-ring (bicyclic) bond motifs is 1. The summed E-state index contributed by atoms with van der Waals surface area (Å²) in [6.07, 6.45) is 9.97. The normalized spacial score (nSPS) is 17.2. The number of hydrogen-bond acceptors (Lipinski definition) is 3. The van der Waals surface area contributed by atoms with Crippen LogP contribution < -0.4 is 4.74 Å². The zero-order valence-electron chi connectivity index (χ0n) is 17.0. The Morgan fingerprint density at radius 2 is 2.03 bits per heavy atom. The molecular formula is C24H27N3O2. The van der Waals surface area contributed by atoms with E-state index in [1.165, 1.54) is 6.42 Å². The Morgan fingerprint density at radius 3 is 2.79 bits per heavy atom. The number of pyridine rings is 1. The topological polar surface area (TPSA) is 46.8 Å². The summed E-state index contributed by atoms with van der Waals surface area (Å²) in [7, 11) is 1.66. The van der Waals surface area contributed by atoms with Crippen LogP contribution in [-0.4, -0.2) is 40.1 Å². The van der Waals surface area contributed by atoms with Gasteiger partial charge in [-0.2, -0.15) is 5.10 Å². The van der Waals surface area contributed by atoms with Crippen LogP contribution in [0.3, 0.4) is 0 Å². The summed E-state index contributed by atoms with van der Waals surface area (Å²) in [4.78, 5) is 15.0. The van der Waals surface area contributed by atoms with Gasteiger partial charge in [0.25, 0.3) is 0 Å². The predicted molar refractivity (Wildman–Crippen MR) is 116 cm³/mol. The van der Waals surface area contributed by atoms with Crippen LogP contribution in [0, 0.1) is 0 Å². The molecule has 2 aromatic heterocycles. The molecule has 3 heterocycles. The number of methoxy groups -OCH3 is 1. The number of carbonyl (C=O) groups is 1. The quantitative estimate of drug-likeness (QED) is 0.588. The molecule has 0 bridgehead atoms. The molecule has 1 atom stereocenters. The van der Waals surface area contributed by atoms with Crippen LogP contribution >= 0.6 is 0 Å². The average Bonchev–Trinajstić information content (AvgIpc) is 3.16. The van der Waals surface area contributed by atoms with E-state index in [2.05, 4.69) is 6.92 Å². The van der Waals surface area contributed by atoms with Gasteiger partial charge in [0.05, 0.1) is 12.6 Å². The molecule has 5 heteroatoms. The zero-order valence-corrected chi connectivity index (χ0v) is 17.0. The van der Waals surface area contributed by atoms with Crippen LogP contribution in [-0.2, 0) is 4.79 Å². The highest BCUT2D eigenvalue weighted by molar-refractivity contribution is 5.95. The number of nitrogens with zero attached hydrogens (tertiary/aromatic N) is 3. The Kier molecular flexibility index (Phi) is 5.65. The molecule has 0 aliphatic carbocycles. The molecule has 0 spiro atoms. The fourth-order valence-corrected chi connectivity index (χ4v) is 4.11. The second-order valence-corrected chi connectivity index (χ2v) is 7.44. The van der Waals surface area contributed by atoms with E-state index in [-0.39, 0.29) is 5.91 Å². The second kappa shape index (κ2) is 8.52. The Balaban J connectivity index is 1.70. The number of likely N-dealkylation sites (tertiary alicyclic amines) is 1. The maximum Gasteiger partial charge on any atom is 0.246 e. The van der Waals surface area contributed by atoms with Gasteiger partial charge in [0, 0.05) is 36.0 Å². The molecule has 1 aliphatic rings. The summed E-state index contributed by atoms with van der Waals surface area (Å²) < 4.78 is 7.13. The monoisotopic (exact) mass is 389 g/mol. The standard InChI is InChI=1S/C24H27N3O2/c1-3-19-8-4-6-16-26(19)23(28)15-14-21-22-9-5-7-17-27(22)25-24(21)18-10-12-20(29-2)13-11-18/h5,7,9-15,17,19H,3-4,6,8,16H2,1-2H3/b15-14+. The molecule has 0 N–H and O–H groups in total. The summed E-state index contributed by atoms with van der Waals surface area (Å²) in [5, 5.41) is 4.76. The van der Waals surface area contributed by atoms with Crippen LogP contribution in [0.25, 0.3) is 22.9 Å². The van der Waals surface area contributed by atoms with Gasteiger partial charge >= 0.3 is 0 Å². The van der Waals surface area contributed by atoms with Gasteiger partial charge in [0.1, 0.15) is 11.4 Å². The van der Waals surface area contributed by atoms with Crippen molar-refractivity contribution in [2.45, 2.75) is 38.6 Å². The maximum absolute atomic E-state index is 12.9. The predicted octanol–water partition coefficient (Wildman–Crippen LogP) is 4.81. The Bertz CT molecular complexity index is 1020. The Hall–Kier alpha value is -3.08. The zero-order chi connectivity index (χ0) is 20.2. The molecule has 150 valence electrons. The lowest BCUT2D eigenvalue weighted by Gasteiger charge is -2.34. The van der Waals surface area contributed by atoms with Crippen molar-refractivity contribution in [2.75, 3.05) is 13.7 Å². The highest BCUT2D eigenvalue weighted by Gasteiger charge is 2.24. The molecule has 1 saturated heterocycles. The second-order valence-electron chi connectivity index (χ2n) is 7.44. The summed E-state index contributed by atoms with van der Waals surface area (Å²) in [6.45, 7) is 3.01. The van der Waals surface area contributed by atoms with Gasteiger partial charge in [-0.15, -0.1) is 0 Å². The largest absolute Gasteiger partial charge is 0.497 e. The molecule has 29 heavy (non-hydrogen) atoms. The smallest absolute Gasteiger partial charge is 0.246 e. The molecule has 3 aromatic rings. The van der Waals surface area contributed by atoms with E-state index in [1.807, 2.05) is 64.2 Å². The minimum absolute atomic E-state index is 0.0903. The summed E-state index contributed by atoms with van der Waals surface area (Å²) in [5.74, 6) is 0.896. The third-order valence-electron chi connectivity index (χ3n) is 5.72. The lowest BCUT2D eigenvalue weighted by atomic mass is 9.99. The molecule has 1 aliphatic heterocycles. The molecule has 5 nitrogen and oxygen atoms in total. The van der Waals surface area contributed by atoms with Crippen molar-refractivity contribution in [3.63, 3.8) is 0 Å². The van der Waals surface area contributed by atoms with E-state index in [1.54, 1.807) is 13.2 Å². The lowest BCUT2D eigenvalue weighted by molar-refractivity contribution is -0.129. The summed E-state index contributed by atoms with van der Waals surface area (Å²) >= 11 is 0. The van der Waals surface area contributed by atoms with Crippen molar-refractivity contribution in [3.8, 4) is 17.0 Å². The fraction of sp³-hybridized carbons (Fsp3) is 0.333. The van der Waals surface area contributed by atoms with Gasteiger partial charge in [-0.1, -0.05) is 13.0 Å². The highest BCUT2D eigenvalue weighted by atomic mass is 16.5. The number of aromatic nitrogens is 2. The number of carbonyl (C=O) groups excluding carboxylic acids is 1. The number of hydrogen-bond donors (Lipinski definition) is 0. The van der Waals surface area contributed by atoms with Crippen LogP contribution in [0.4, 0.5) is 0 Å². The Labute approximate surface area is 171 Å². The van der Waals surface area contributed by atoms with Crippen molar-refractivity contribution in [2.24, 2.45) is 0 Å². The van der Waals surface area contributed by atoms with E-state index in [0.717, 1.165) is 53.9 Å². The summed E-state index contributed by atoms with van der Waals surface area (Å²) in [6, 6.07) is 14.2. The first-order valence-electron chi connectivity index (χ1n) is 10.3. The molecule has 0 saturated carbocycles. The van der Waals surface area contributed by atoms with E-state index in [4.69, 9.17) is 9.84 Å². The summed E-state index contributed by atoms with van der Waals surface area (Å²) in [5.41, 5.74) is 3.78. The number of ether oxygens (including phenoxy) is 1. The number of rotatable bonds is 5. The van der Waals surface area contributed by atoms with Gasteiger partial charge in [-0.25, -0.2) is 4.52 Å². The first-order chi connectivity index (χ1) is 14.2. The number of piperidine rings is 1. The van der Waals surface area contributed by atoms with Crippen molar-refractivity contribution in [1.82, 2.24) is 14.5 Å². The minimum atomic E-state index is 0.0903. The first kappa shape index (κ1) is 19.2. The SMILES string of the molecule is CCC1CCCCN1C(=O)/C=C/c1c(-c2ccc(OC)cc2)nn2ccccc12. The van der Waals surface area contributed by atoms with Gasteiger partial charge < -0.3 is 9.64 Å². The van der Waals surface area contributed by atoms with Crippen LogP contribution in [0.2, 0.25) is 0 Å². The van der Waals surface area contributed by atoms with E-state index >= 15 is 0 Å². The molecule has 4 rings (SSSR count). The molecule has 1 aromatic carbocycles. The fourth-order valence-electron chi connectivity index (χ4n) is 4.11. The van der Waals surface area contributed by atoms with E-state index in [0.29, 0.717) is 6.04 Å². The molecule has 0 radical (unpaired) electrons. The number of amides is 1. The van der Waals surface area contributed by atoms with Gasteiger partial charge in [-0.3, -0.25) is 4.79 Å². The van der Waals surface area contributed by atoms with E-state index in [9.17, 15) is 4.79 Å². The van der Waals surface area contributed by atoms with Crippen LogP contribution in [0.5, 0.6) is 5.75 Å². The molecule has 1 amide bonds. The number of benzene rings is 1. The van der Waals surface area contributed by atoms with E-state index < -0.39 is 0 Å². The molecule has 1 unspecified atom stereocenters. The first-order valence-corrected chi connectivity index (χ1v) is 10.3. The van der Waals surface area contributed by atoms with Crippen molar-refractivity contribution in [1.29, 1.82) is 0 Å². The average molecular weight is 389 g/mol.